The van der Waals surface area contributed by atoms with Crippen molar-refractivity contribution in [3.8, 4) is 0 Å². The van der Waals surface area contributed by atoms with E-state index in [0.717, 1.165) is 24.5 Å². The molecule has 2 N–H and O–H groups in total. The van der Waals surface area contributed by atoms with Gasteiger partial charge in [-0.05, 0) is 6.92 Å². The molecule has 1 fully saturated rings. The Morgan fingerprint density at radius 3 is 2.69 bits per heavy atom. The Balaban J connectivity index is 0.00000112. The van der Waals surface area contributed by atoms with E-state index in [1.807, 2.05) is 6.92 Å². The van der Waals surface area contributed by atoms with E-state index in [4.69, 9.17) is 4.74 Å². The lowest BCUT2D eigenvalue weighted by atomic mass is 10.2. The number of pyridine rings is 1. The molecule has 0 radical (unpaired) electrons. The normalized spacial score (nSPS) is 19.4. The van der Waals surface area contributed by atoms with E-state index < -0.39 is 0 Å². The molecule has 16 heavy (non-hydrogen) atoms. The maximum Gasteiger partial charge on any atom is 0.182 e. The van der Waals surface area contributed by atoms with Crippen LogP contribution >= 0.6 is 24.8 Å². The molecular weight excluding hydrogens is 251 g/mol. The first-order valence-corrected chi connectivity index (χ1v) is 4.79. The van der Waals surface area contributed by atoms with Gasteiger partial charge in [-0.2, -0.15) is 0 Å². The number of aryl methyl sites for hydroxylation is 1. The third kappa shape index (κ3) is 3.79. The highest BCUT2D eigenvalue weighted by Crippen LogP contribution is 2.14. The molecule has 0 spiro atoms. The molecule has 4 nitrogen and oxygen atoms in total. The van der Waals surface area contributed by atoms with Crippen LogP contribution in [0.25, 0.3) is 0 Å². The number of ether oxygens (including phenoxy) is 1. The van der Waals surface area contributed by atoms with Crippen LogP contribution in [0, 0.1) is 6.92 Å². The molecule has 0 aromatic carbocycles. The summed E-state index contributed by atoms with van der Waals surface area (Å²) in [4.78, 5) is 14.4. The monoisotopic (exact) mass is 266 g/mol. The summed E-state index contributed by atoms with van der Waals surface area (Å²) in [6.45, 7) is 4.22. The number of nitrogens with one attached hydrogen (secondary N) is 2. The van der Waals surface area contributed by atoms with Gasteiger partial charge in [0.2, 0.25) is 0 Å². The predicted octanol–water partition coefficient (Wildman–Crippen LogP) is 1.19. The van der Waals surface area contributed by atoms with Gasteiger partial charge in [-0.1, -0.05) is 0 Å². The summed E-state index contributed by atoms with van der Waals surface area (Å²) in [7, 11) is 0. The lowest BCUT2D eigenvalue weighted by Crippen LogP contribution is -2.34. The average Bonchev–Trinajstić information content (AvgIpc) is 2.18. The fourth-order valence-corrected chi connectivity index (χ4v) is 1.65. The average molecular weight is 267 g/mol. The van der Waals surface area contributed by atoms with Gasteiger partial charge in [0.15, 0.2) is 5.43 Å². The number of hydrogen-bond donors (Lipinski definition) is 2. The van der Waals surface area contributed by atoms with E-state index in [0.29, 0.717) is 6.61 Å². The fourth-order valence-electron chi connectivity index (χ4n) is 1.65. The minimum atomic E-state index is -0.0173. The van der Waals surface area contributed by atoms with Gasteiger partial charge in [-0.15, -0.1) is 24.8 Å². The van der Waals surface area contributed by atoms with E-state index >= 15 is 0 Å². The topological polar surface area (TPSA) is 54.1 Å². The van der Waals surface area contributed by atoms with Crippen molar-refractivity contribution in [2.45, 2.75) is 13.0 Å². The minimum Gasteiger partial charge on any atom is -0.369 e. The van der Waals surface area contributed by atoms with Gasteiger partial charge in [-0.3, -0.25) is 4.79 Å². The van der Waals surface area contributed by atoms with Crippen molar-refractivity contribution in [1.82, 2.24) is 10.3 Å². The molecule has 0 amide bonds. The molecular formula is C10H16Cl2N2O2. The SMILES string of the molecule is Cc1cc(=O)cc(C2CNCCO2)[nH]1.Cl.Cl. The van der Waals surface area contributed by atoms with Crippen molar-refractivity contribution in [2.75, 3.05) is 19.7 Å². The molecule has 1 aromatic heterocycles. The molecule has 92 valence electrons. The fraction of sp³-hybridized carbons (Fsp3) is 0.500. The largest absolute Gasteiger partial charge is 0.369 e. The summed E-state index contributed by atoms with van der Waals surface area (Å²) < 4.78 is 5.54. The molecule has 0 aliphatic carbocycles. The molecule has 2 rings (SSSR count). The van der Waals surface area contributed by atoms with E-state index in [2.05, 4.69) is 10.3 Å². The molecule has 0 bridgehead atoms. The minimum absolute atomic E-state index is 0. The van der Waals surface area contributed by atoms with Crippen LogP contribution < -0.4 is 10.7 Å². The van der Waals surface area contributed by atoms with Gasteiger partial charge < -0.3 is 15.0 Å². The number of H-pyrrole nitrogens is 1. The lowest BCUT2D eigenvalue weighted by Gasteiger charge is -2.23. The van der Waals surface area contributed by atoms with Gasteiger partial charge in [0.05, 0.1) is 6.61 Å². The van der Waals surface area contributed by atoms with Gasteiger partial charge >= 0.3 is 0 Å². The van der Waals surface area contributed by atoms with Gasteiger partial charge in [0, 0.05) is 36.6 Å². The van der Waals surface area contributed by atoms with Crippen LogP contribution in [0.5, 0.6) is 0 Å². The quantitative estimate of drug-likeness (QED) is 0.803. The predicted molar refractivity (Wildman–Crippen MR) is 67.9 cm³/mol. The molecule has 1 atom stereocenters. The van der Waals surface area contributed by atoms with Crippen LogP contribution in [0.3, 0.4) is 0 Å². The van der Waals surface area contributed by atoms with E-state index in [-0.39, 0.29) is 36.3 Å². The Hall–Kier alpha value is -0.550. The molecule has 2 heterocycles. The Morgan fingerprint density at radius 1 is 1.38 bits per heavy atom. The standard InChI is InChI=1S/C10H14N2O2.2ClH/c1-7-4-8(13)5-9(12-7)10-6-11-2-3-14-10;;/h4-5,10-11H,2-3,6H2,1H3,(H,12,13);2*1H. The highest BCUT2D eigenvalue weighted by Gasteiger charge is 2.16. The Labute approximate surface area is 107 Å². The first kappa shape index (κ1) is 15.4. The maximum absolute atomic E-state index is 11.3. The number of aromatic nitrogens is 1. The maximum atomic E-state index is 11.3. The number of halogens is 2. The molecule has 1 saturated heterocycles. The Bertz CT molecular complexity index is 375. The zero-order valence-electron chi connectivity index (χ0n) is 8.99. The van der Waals surface area contributed by atoms with Gasteiger partial charge in [0.1, 0.15) is 6.10 Å². The molecule has 1 aromatic rings. The summed E-state index contributed by atoms with van der Waals surface area (Å²) in [5, 5.41) is 3.23. The number of morpholine rings is 1. The Morgan fingerprint density at radius 2 is 2.12 bits per heavy atom. The molecule has 0 saturated carbocycles. The van der Waals surface area contributed by atoms with E-state index in [1.54, 1.807) is 12.1 Å². The molecule has 1 aliphatic heterocycles. The van der Waals surface area contributed by atoms with Crippen molar-refractivity contribution in [3.05, 3.63) is 33.7 Å². The van der Waals surface area contributed by atoms with Crippen LogP contribution in [0.1, 0.15) is 17.5 Å². The summed E-state index contributed by atoms with van der Waals surface area (Å²) in [5.74, 6) is 0. The van der Waals surface area contributed by atoms with Crippen molar-refractivity contribution >= 4 is 24.8 Å². The van der Waals surface area contributed by atoms with Crippen LogP contribution in [0.2, 0.25) is 0 Å². The summed E-state index contributed by atoms with van der Waals surface area (Å²) in [6.07, 6.45) is -0.0173. The third-order valence-electron chi connectivity index (χ3n) is 2.27. The zero-order valence-corrected chi connectivity index (χ0v) is 10.6. The van der Waals surface area contributed by atoms with Crippen LogP contribution in [0.15, 0.2) is 16.9 Å². The van der Waals surface area contributed by atoms with Crippen molar-refractivity contribution < 1.29 is 4.74 Å². The van der Waals surface area contributed by atoms with E-state index in [1.165, 1.54) is 0 Å². The van der Waals surface area contributed by atoms with Crippen LogP contribution in [0.4, 0.5) is 0 Å². The number of aromatic amines is 1. The first-order chi connectivity index (χ1) is 6.75. The molecule has 1 unspecified atom stereocenters. The lowest BCUT2D eigenvalue weighted by molar-refractivity contribution is 0.0249. The second kappa shape index (κ2) is 6.91. The van der Waals surface area contributed by atoms with Crippen molar-refractivity contribution in [3.63, 3.8) is 0 Å². The first-order valence-electron chi connectivity index (χ1n) is 4.79. The second-order valence-electron chi connectivity index (χ2n) is 3.52. The summed E-state index contributed by atoms with van der Waals surface area (Å²) >= 11 is 0. The summed E-state index contributed by atoms with van der Waals surface area (Å²) in [5.41, 5.74) is 1.77. The highest BCUT2D eigenvalue weighted by molar-refractivity contribution is 5.85. The van der Waals surface area contributed by atoms with Gasteiger partial charge in [-0.25, -0.2) is 0 Å². The van der Waals surface area contributed by atoms with Crippen molar-refractivity contribution in [1.29, 1.82) is 0 Å². The van der Waals surface area contributed by atoms with Gasteiger partial charge in [0.25, 0.3) is 0 Å². The van der Waals surface area contributed by atoms with Crippen LogP contribution in [-0.2, 0) is 4.74 Å². The summed E-state index contributed by atoms with van der Waals surface area (Å²) in [6, 6.07) is 3.18. The smallest absolute Gasteiger partial charge is 0.182 e. The third-order valence-corrected chi connectivity index (χ3v) is 2.27. The molecule has 6 heteroatoms. The Kier molecular flexibility index (Phi) is 6.67. The van der Waals surface area contributed by atoms with Crippen LogP contribution in [-0.4, -0.2) is 24.7 Å². The zero-order chi connectivity index (χ0) is 9.97. The van der Waals surface area contributed by atoms with Crippen molar-refractivity contribution in [2.24, 2.45) is 0 Å². The molecule has 1 aliphatic rings. The number of rotatable bonds is 1. The van der Waals surface area contributed by atoms with E-state index in [9.17, 15) is 4.79 Å². The number of hydrogen-bond acceptors (Lipinski definition) is 3. The second-order valence-corrected chi connectivity index (χ2v) is 3.52. The highest BCUT2D eigenvalue weighted by atomic mass is 35.5.